The third kappa shape index (κ3) is 2.55. The molecule has 4 rings (SSSR count). The van der Waals surface area contributed by atoms with E-state index >= 15 is 0 Å². The first kappa shape index (κ1) is 15.2. The number of aromatic nitrogens is 4. The first-order valence-corrected chi connectivity index (χ1v) is 8.67. The highest BCUT2D eigenvalue weighted by Crippen LogP contribution is 2.35. The van der Waals surface area contributed by atoms with Crippen molar-refractivity contribution in [2.24, 2.45) is 5.92 Å². The lowest BCUT2D eigenvalue weighted by molar-refractivity contribution is -0.138. The molecule has 2 fully saturated rings. The molecule has 2 aromatic rings. The predicted molar refractivity (Wildman–Crippen MR) is 90.8 cm³/mol. The Morgan fingerprint density at radius 2 is 1.96 bits per heavy atom. The Bertz CT molecular complexity index is 769. The van der Waals surface area contributed by atoms with Crippen molar-refractivity contribution >= 4 is 28.8 Å². The fraction of sp³-hybridized carbons (Fsp3) is 0.625. The molecule has 2 aliphatic rings. The molecule has 128 valence electrons. The van der Waals surface area contributed by atoms with Gasteiger partial charge in [-0.25, -0.2) is 4.98 Å². The van der Waals surface area contributed by atoms with Crippen LogP contribution in [0.3, 0.4) is 0 Å². The summed E-state index contributed by atoms with van der Waals surface area (Å²) < 4.78 is 1.72. The van der Waals surface area contributed by atoms with Crippen LogP contribution in [0, 0.1) is 5.92 Å². The Balaban J connectivity index is 1.57. The third-order valence-corrected chi connectivity index (χ3v) is 5.38. The molecule has 8 nitrogen and oxygen atoms in total. The average Bonchev–Trinajstić information content (AvgIpc) is 2.97. The zero-order valence-corrected chi connectivity index (χ0v) is 13.7. The van der Waals surface area contributed by atoms with Gasteiger partial charge in [0, 0.05) is 12.6 Å². The molecular weight excluding hydrogens is 306 g/mol. The fourth-order valence-corrected chi connectivity index (χ4v) is 4.27. The SMILES string of the molecule is Nc1nc(N)c2ncn(CC(=O)N3CCCC4CCCCC43)c2n1. The smallest absolute Gasteiger partial charge is 0.242 e. The lowest BCUT2D eigenvalue weighted by Crippen LogP contribution is -2.50. The number of carbonyl (C=O) groups excluding carboxylic acids is 1. The number of hydrogen-bond donors (Lipinski definition) is 2. The van der Waals surface area contributed by atoms with Gasteiger partial charge in [0.2, 0.25) is 11.9 Å². The summed E-state index contributed by atoms with van der Waals surface area (Å²) in [4.78, 5) is 27.3. The van der Waals surface area contributed by atoms with E-state index in [1.165, 1.54) is 25.7 Å². The van der Waals surface area contributed by atoms with Crippen molar-refractivity contribution in [1.82, 2.24) is 24.4 Å². The molecule has 4 N–H and O–H groups in total. The van der Waals surface area contributed by atoms with Crippen LogP contribution in [-0.2, 0) is 11.3 Å². The van der Waals surface area contributed by atoms with E-state index in [4.69, 9.17) is 11.5 Å². The van der Waals surface area contributed by atoms with Gasteiger partial charge in [-0.2, -0.15) is 9.97 Å². The molecule has 2 unspecified atom stereocenters. The summed E-state index contributed by atoms with van der Waals surface area (Å²) in [5, 5.41) is 0. The van der Waals surface area contributed by atoms with Gasteiger partial charge in [0.1, 0.15) is 12.1 Å². The van der Waals surface area contributed by atoms with Crippen molar-refractivity contribution in [2.45, 2.75) is 51.1 Å². The lowest BCUT2D eigenvalue weighted by atomic mass is 9.78. The summed E-state index contributed by atoms with van der Waals surface area (Å²) in [6.07, 6.45) is 8.84. The van der Waals surface area contributed by atoms with Gasteiger partial charge in [0.25, 0.3) is 0 Å². The van der Waals surface area contributed by atoms with Gasteiger partial charge in [-0.1, -0.05) is 12.8 Å². The van der Waals surface area contributed by atoms with Gasteiger partial charge in [-0.15, -0.1) is 0 Å². The zero-order chi connectivity index (χ0) is 16.7. The molecule has 1 saturated carbocycles. The standard InChI is InChI=1S/C16H23N7O/c17-14-13-15(21-16(18)20-14)22(9-19-13)8-12(24)23-7-3-5-10-4-1-2-6-11(10)23/h9-11H,1-8H2,(H4,17,18,20,21). The zero-order valence-electron chi connectivity index (χ0n) is 13.7. The Morgan fingerprint density at radius 3 is 2.83 bits per heavy atom. The van der Waals surface area contributed by atoms with E-state index in [2.05, 4.69) is 19.9 Å². The Morgan fingerprint density at radius 1 is 1.17 bits per heavy atom. The number of likely N-dealkylation sites (tertiary alicyclic amines) is 1. The van der Waals surface area contributed by atoms with E-state index in [1.807, 2.05) is 0 Å². The van der Waals surface area contributed by atoms with Crippen LogP contribution in [-0.4, -0.2) is 42.9 Å². The van der Waals surface area contributed by atoms with E-state index in [9.17, 15) is 4.79 Å². The van der Waals surface area contributed by atoms with Gasteiger partial charge in [0.05, 0.1) is 6.33 Å². The van der Waals surface area contributed by atoms with Crippen molar-refractivity contribution in [3.8, 4) is 0 Å². The van der Waals surface area contributed by atoms with E-state index in [1.54, 1.807) is 10.9 Å². The van der Waals surface area contributed by atoms with Crippen LogP contribution in [0.4, 0.5) is 11.8 Å². The summed E-state index contributed by atoms with van der Waals surface area (Å²) in [7, 11) is 0. The monoisotopic (exact) mass is 329 g/mol. The molecule has 8 heteroatoms. The van der Waals surface area contributed by atoms with Crippen LogP contribution in [0.1, 0.15) is 38.5 Å². The van der Waals surface area contributed by atoms with E-state index in [0.29, 0.717) is 23.1 Å². The molecule has 24 heavy (non-hydrogen) atoms. The number of piperidine rings is 1. The van der Waals surface area contributed by atoms with Crippen LogP contribution in [0.25, 0.3) is 11.2 Å². The highest BCUT2D eigenvalue weighted by Gasteiger charge is 2.35. The molecule has 0 aromatic carbocycles. The van der Waals surface area contributed by atoms with Gasteiger partial charge in [-0.3, -0.25) is 4.79 Å². The number of anilines is 2. The number of fused-ring (bicyclic) bond motifs is 2. The van der Waals surface area contributed by atoms with Crippen LogP contribution in [0.5, 0.6) is 0 Å². The molecule has 1 aliphatic carbocycles. The van der Waals surface area contributed by atoms with Crippen molar-refractivity contribution in [1.29, 1.82) is 0 Å². The summed E-state index contributed by atoms with van der Waals surface area (Å²) in [6, 6.07) is 0.402. The van der Waals surface area contributed by atoms with Gasteiger partial charge < -0.3 is 20.9 Å². The number of nitrogens with zero attached hydrogens (tertiary/aromatic N) is 5. The molecule has 3 heterocycles. The maximum Gasteiger partial charge on any atom is 0.242 e. The predicted octanol–water partition coefficient (Wildman–Crippen LogP) is 1.17. The molecule has 2 atom stereocenters. The normalized spacial score (nSPS) is 24.1. The third-order valence-electron chi connectivity index (χ3n) is 5.38. The average molecular weight is 329 g/mol. The number of hydrogen-bond acceptors (Lipinski definition) is 6. The number of rotatable bonds is 2. The summed E-state index contributed by atoms with van der Waals surface area (Å²) in [5.41, 5.74) is 12.5. The first-order chi connectivity index (χ1) is 11.6. The van der Waals surface area contributed by atoms with E-state index < -0.39 is 0 Å². The highest BCUT2D eigenvalue weighted by molar-refractivity contribution is 5.84. The van der Waals surface area contributed by atoms with Crippen LogP contribution < -0.4 is 11.5 Å². The Labute approximate surface area is 140 Å². The fourth-order valence-electron chi connectivity index (χ4n) is 4.27. The van der Waals surface area contributed by atoms with Crippen molar-refractivity contribution < 1.29 is 4.79 Å². The van der Waals surface area contributed by atoms with E-state index in [0.717, 1.165) is 19.4 Å². The minimum absolute atomic E-state index is 0.0968. The van der Waals surface area contributed by atoms with Crippen molar-refractivity contribution in [3.05, 3.63) is 6.33 Å². The minimum Gasteiger partial charge on any atom is -0.382 e. The maximum absolute atomic E-state index is 12.9. The number of imidazole rings is 1. The first-order valence-electron chi connectivity index (χ1n) is 8.67. The molecule has 1 amide bonds. The summed E-state index contributed by atoms with van der Waals surface area (Å²) >= 11 is 0. The van der Waals surface area contributed by atoms with Crippen LogP contribution >= 0.6 is 0 Å². The number of nitrogens with two attached hydrogens (primary N) is 2. The van der Waals surface area contributed by atoms with Crippen molar-refractivity contribution in [2.75, 3.05) is 18.0 Å². The molecule has 1 saturated heterocycles. The second kappa shape index (κ2) is 5.92. The quantitative estimate of drug-likeness (QED) is 0.854. The number of amides is 1. The highest BCUT2D eigenvalue weighted by atomic mass is 16.2. The molecule has 0 radical (unpaired) electrons. The minimum atomic E-state index is 0.0968. The largest absolute Gasteiger partial charge is 0.382 e. The molecule has 2 aromatic heterocycles. The topological polar surface area (TPSA) is 116 Å². The van der Waals surface area contributed by atoms with E-state index in [-0.39, 0.29) is 24.2 Å². The second-order valence-electron chi connectivity index (χ2n) is 6.85. The van der Waals surface area contributed by atoms with Gasteiger partial charge in [-0.05, 0) is 31.6 Å². The maximum atomic E-state index is 12.9. The van der Waals surface area contributed by atoms with Crippen molar-refractivity contribution in [3.63, 3.8) is 0 Å². The number of carbonyl (C=O) groups is 1. The lowest BCUT2D eigenvalue weighted by Gasteiger charge is -2.44. The number of nitrogen functional groups attached to an aromatic ring is 2. The molecule has 0 spiro atoms. The Kier molecular flexibility index (Phi) is 3.74. The van der Waals surface area contributed by atoms with Gasteiger partial charge >= 0.3 is 0 Å². The Hall–Kier alpha value is -2.38. The van der Waals surface area contributed by atoms with Crippen LogP contribution in [0.2, 0.25) is 0 Å². The summed E-state index contributed by atoms with van der Waals surface area (Å²) in [6.45, 7) is 1.07. The molecular formula is C16H23N7O. The molecule has 0 bridgehead atoms. The van der Waals surface area contributed by atoms with Crippen LogP contribution in [0.15, 0.2) is 6.33 Å². The second-order valence-corrected chi connectivity index (χ2v) is 6.85. The molecule has 1 aliphatic heterocycles. The summed E-state index contributed by atoms with van der Waals surface area (Å²) in [5.74, 6) is 1.14. The van der Waals surface area contributed by atoms with Gasteiger partial charge in [0.15, 0.2) is 11.5 Å².